The van der Waals surface area contributed by atoms with Gasteiger partial charge in [0.15, 0.2) is 0 Å². The average Bonchev–Trinajstić information content (AvgIpc) is 3.18. The van der Waals surface area contributed by atoms with Crippen LogP contribution in [0.25, 0.3) is 0 Å². The van der Waals surface area contributed by atoms with Crippen molar-refractivity contribution in [3.8, 4) is 0 Å². The van der Waals surface area contributed by atoms with Crippen LogP contribution in [0.4, 0.5) is 0 Å². The molecule has 3 atom stereocenters. The summed E-state index contributed by atoms with van der Waals surface area (Å²) in [5.74, 6) is -0.859. The molecule has 2 aromatic carbocycles. The fourth-order valence-corrected chi connectivity index (χ4v) is 4.82. The Hall–Kier alpha value is -3.27. The Labute approximate surface area is 211 Å². The summed E-state index contributed by atoms with van der Waals surface area (Å²) < 4.78 is 5.84. The number of hydrogen-bond donors (Lipinski definition) is 4. The lowest BCUT2D eigenvalue weighted by Gasteiger charge is -2.43. The minimum absolute atomic E-state index is 0.00833. The van der Waals surface area contributed by atoms with Crippen LogP contribution < -0.4 is 21.9 Å². The standard InChI is InChI=1S/C27H35N5O4/c1-26(2,28)24(34)29-21(17-36-16-20-11-7-4-8-12-20)23(33)32-14-13-22-27(18-32,25(35)31-30-22)15-19-9-5-3-6-10-19/h3-12,21-22,30H,13-18,28H2,1-2H3,(H,29,34)(H,31,35). The summed E-state index contributed by atoms with van der Waals surface area (Å²) in [5.41, 5.74) is 11.9. The molecule has 3 unspecified atom stereocenters. The third kappa shape index (κ3) is 5.75. The number of amides is 3. The number of fused-ring (bicyclic) bond motifs is 1. The number of nitrogens with two attached hydrogens (primary N) is 1. The molecular weight excluding hydrogens is 458 g/mol. The van der Waals surface area contributed by atoms with Gasteiger partial charge in [0.2, 0.25) is 17.7 Å². The molecule has 0 aromatic heterocycles. The van der Waals surface area contributed by atoms with E-state index < -0.39 is 22.9 Å². The maximum absolute atomic E-state index is 13.7. The van der Waals surface area contributed by atoms with Crippen molar-refractivity contribution in [3.05, 3.63) is 71.8 Å². The summed E-state index contributed by atoms with van der Waals surface area (Å²) in [6, 6.07) is 18.4. The van der Waals surface area contributed by atoms with Gasteiger partial charge in [0.1, 0.15) is 6.04 Å². The van der Waals surface area contributed by atoms with Gasteiger partial charge in [0.05, 0.1) is 24.2 Å². The molecule has 0 bridgehead atoms. The molecular formula is C27H35N5O4. The van der Waals surface area contributed by atoms with E-state index >= 15 is 0 Å². The Bertz CT molecular complexity index is 1070. The lowest BCUT2D eigenvalue weighted by Crippen LogP contribution is -2.62. The molecule has 0 aliphatic carbocycles. The molecule has 0 spiro atoms. The van der Waals surface area contributed by atoms with Gasteiger partial charge >= 0.3 is 0 Å². The maximum atomic E-state index is 13.7. The Kier molecular flexibility index (Phi) is 7.73. The normalized spacial score (nSPS) is 22.5. The lowest BCUT2D eigenvalue weighted by molar-refractivity contribution is -0.144. The van der Waals surface area contributed by atoms with Crippen LogP contribution >= 0.6 is 0 Å². The van der Waals surface area contributed by atoms with Gasteiger partial charge in [-0.05, 0) is 37.8 Å². The number of benzene rings is 2. The van der Waals surface area contributed by atoms with Gasteiger partial charge in [-0.15, -0.1) is 0 Å². The molecule has 2 fully saturated rings. The van der Waals surface area contributed by atoms with E-state index in [1.165, 1.54) is 0 Å². The SMILES string of the molecule is CC(C)(N)C(=O)NC(COCc1ccccc1)C(=O)N1CCC2NNC(=O)C2(Cc2ccccc2)C1. The maximum Gasteiger partial charge on any atom is 0.247 e. The Morgan fingerprint density at radius 3 is 2.42 bits per heavy atom. The van der Waals surface area contributed by atoms with E-state index in [0.29, 0.717) is 26.0 Å². The highest BCUT2D eigenvalue weighted by Crippen LogP contribution is 2.37. The van der Waals surface area contributed by atoms with Gasteiger partial charge in [0.25, 0.3) is 0 Å². The van der Waals surface area contributed by atoms with E-state index in [9.17, 15) is 14.4 Å². The molecule has 36 heavy (non-hydrogen) atoms. The first-order valence-electron chi connectivity index (χ1n) is 12.3. The third-order valence-electron chi connectivity index (χ3n) is 6.90. The fourth-order valence-electron chi connectivity index (χ4n) is 4.82. The predicted molar refractivity (Wildman–Crippen MR) is 135 cm³/mol. The average molecular weight is 494 g/mol. The first-order chi connectivity index (χ1) is 17.2. The topological polar surface area (TPSA) is 126 Å². The molecule has 2 saturated heterocycles. The summed E-state index contributed by atoms with van der Waals surface area (Å²) in [4.78, 5) is 41.2. The molecule has 2 aromatic rings. The molecule has 0 saturated carbocycles. The molecule has 2 aliphatic heterocycles. The molecule has 2 heterocycles. The molecule has 0 radical (unpaired) electrons. The number of rotatable bonds is 9. The molecule has 9 nitrogen and oxygen atoms in total. The first-order valence-corrected chi connectivity index (χ1v) is 12.3. The van der Waals surface area contributed by atoms with E-state index in [1.807, 2.05) is 60.7 Å². The van der Waals surface area contributed by atoms with Crippen molar-refractivity contribution >= 4 is 17.7 Å². The largest absolute Gasteiger partial charge is 0.374 e. The quantitative estimate of drug-likeness (QED) is 0.411. The lowest BCUT2D eigenvalue weighted by atomic mass is 9.72. The molecule has 5 N–H and O–H groups in total. The van der Waals surface area contributed by atoms with E-state index in [0.717, 1.165) is 11.1 Å². The van der Waals surface area contributed by atoms with Crippen molar-refractivity contribution in [1.29, 1.82) is 0 Å². The number of piperidine rings is 1. The Morgan fingerprint density at radius 1 is 1.14 bits per heavy atom. The van der Waals surface area contributed by atoms with Crippen LogP contribution in [0.5, 0.6) is 0 Å². The fraction of sp³-hybridized carbons (Fsp3) is 0.444. The van der Waals surface area contributed by atoms with E-state index in [4.69, 9.17) is 10.5 Å². The monoisotopic (exact) mass is 493 g/mol. The van der Waals surface area contributed by atoms with Crippen LogP contribution in [0.1, 0.15) is 31.4 Å². The number of hydrazine groups is 1. The van der Waals surface area contributed by atoms with Crippen molar-refractivity contribution in [2.24, 2.45) is 11.1 Å². The number of nitrogens with one attached hydrogen (secondary N) is 3. The number of nitrogens with zero attached hydrogens (tertiary/aromatic N) is 1. The molecule has 3 amide bonds. The minimum Gasteiger partial charge on any atom is -0.374 e. The summed E-state index contributed by atoms with van der Waals surface area (Å²) in [7, 11) is 0. The van der Waals surface area contributed by atoms with Gasteiger partial charge < -0.3 is 20.7 Å². The van der Waals surface area contributed by atoms with Crippen LogP contribution in [-0.2, 0) is 32.1 Å². The van der Waals surface area contributed by atoms with E-state index in [1.54, 1.807) is 18.7 Å². The number of hydrogen-bond acceptors (Lipinski definition) is 6. The number of carbonyl (C=O) groups is 3. The molecule has 9 heteroatoms. The Balaban J connectivity index is 1.51. The highest BCUT2D eigenvalue weighted by atomic mass is 16.5. The zero-order valence-corrected chi connectivity index (χ0v) is 20.8. The first kappa shape index (κ1) is 25.8. The van der Waals surface area contributed by atoms with Gasteiger partial charge in [-0.1, -0.05) is 60.7 Å². The second kappa shape index (κ2) is 10.8. The smallest absolute Gasteiger partial charge is 0.247 e. The van der Waals surface area contributed by atoms with E-state index in [-0.39, 0.29) is 31.0 Å². The van der Waals surface area contributed by atoms with Crippen LogP contribution in [-0.4, -0.2) is 59.9 Å². The zero-order valence-electron chi connectivity index (χ0n) is 20.8. The summed E-state index contributed by atoms with van der Waals surface area (Å²) in [5, 5.41) is 2.78. The predicted octanol–water partition coefficient (Wildman–Crippen LogP) is 0.890. The molecule has 192 valence electrons. The number of likely N-dealkylation sites (tertiary alicyclic amines) is 1. The van der Waals surface area contributed by atoms with Crippen LogP contribution in [0, 0.1) is 5.41 Å². The summed E-state index contributed by atoms with van der Waals surface area (Å²) >= 11 is 0. The van der Waals surface area contributed by atoms with Gasteiger partial charge in [-0.3, -0.25) is 19.8 Å². The summed E-state index contributed by atoms with van der Waals surface area (Å²) in [6.07, 6.45) is 1.10. The third-order valence-corrected chi connectivity index (χ3v) is 6.90. The number of ether oxygens (including phenoxy) is 1. The van der Waals surface area contributed by atoms with Crippen LogP contribution in [0.2, 0.25) is 0 Å². The Morgan fingerprint density at radius 2 is 1.78 bits per heavy atom. The molecule has 4 rings (SSSR count). The highest BCUT2D eigenvalue weighted by molar-refractivity contribution is 5.92. The van der Waals surface area contributed by atoms with Crippen molar-refractivity contribution in [2.45, 2.75) is 50.9 Å². The van der Waals surface area contributed by atoms with Crippen molar-refractivity contribution in [3.63, 3.8) is 0 Å². The van der Waals surface area contributed by atoms with Crippen LogP contribution in [0.3, 0.4) is 0 Å². The van der Waals surface area contributed by atoms with Crippen molar-refractivity contribution in [1.82, 2.24) is 21.1 Å². The molecule has 2 aliphatic rings. The van der Waals surface area contributed by atoms with Crippen molar-refractivity contribution < 1.29 is 19.1 Å². The second-order valence-electron chi connectivity index (χ2n) is 10.3. The van der Waals surface area contributed by atoms with Gasteiger partial charge in [0, 0.05) is 19.1 Å². The van der Waals surface area contributed by atoms with E-state index in [2.05, 4.69) is 16.2 Å². The minimum atomic E-state index is -1.16. The summed E-state index contributed by atoms with van der Waals surface area (Å²) in [6.45, 7) is 4.16. The van der Waals surface area contributed by atoms with Crippen molar-refractivity contribution in [2.75, 3.05) is 19.7 Å². The van der Waals surface area contributed by atoms with Crippen LogP contribution in [0.15, 0.2) is 60.7 Å². The van der Waals surface area contributed by atoms with Gasteiger partial charge in [-0.2, -0.15) is 0 Å². The highest BCUT2D eigenvalue weighted by Gasteiger charge is 2.54. The second-order valence-corrected chi connectivity index (χ2v) is 10.3. The number of carbonyl (C=O) groups excluding carboxylic acids is 3. The van der Waals surface area contributed by atoms with Gasteiger partial charge in [-0.25, -0.2) is 5.43 Å². The zero-order chi connectivity index (χ0) is 25.8.